The van der Waals surface area contributed by atoms with Crippen LogP contribution in [0.2, 0.25) is 0 Å². The first-order valence-corrected chi connectivity index (χ1v) is 3.82. The molecule has 10 heavy (non-hydrogen) atoms. The van der Waals surface area contributed by atoms with E-state index in [1.807, 2.05) is 13.0 Å². The van der Waals surface area contributed by atoms with Gasteiger partial charge in [0.15, 0.2) is 0 Å². The van der Waals surface area contributed by atoms with Crippen molar-refractivity contribution in [2.24, 2.45) is 0 Å². The first-order valence-electron chi connectivity index (χ1n) is 3.82. The van der Waals surface area contributed by atoms with E-state index in [0.29, 0.717) is 0 Å². The van der Waals surface area contributed by atoms with Gasteiger partial charge >= 0.3 is 0 Å². The lowest BCUT2D eigenvalue weighted by Gasteiger charge is -2.00. The fourth-order valence-electron chi connectivity index (χ4n) is 1.15. The van der Waals surface area contributed by atoms with Crippen LogP contribution in [-0.2, 0) is 4.79 Å². The van der Waals surface area contributed by atoms with Gasteiger partial charge in [-0.3, -0.25) is 4.79 Å². The van der Waals surface area contributed by atoms with Crippen LogP contribution < -0.4 is 5.32 Å². The van der Waals surface area contributed by atoms with Gasteiger partial charge in [0.25, 0.3) is 0 Å². The number of nitrogens with one attached hydrogen (secondary N) is 1. The van der Waals surface area contributed by atoms with E-state index in [9.17, 15) is 4.79 Å². The molecule has 0 aromatic heterocycles. The number of hydrogen-bond acceptors (Lipinski definition) is 1. The van der Waals surface area contributed by atoms with E-state index in [4.69, 9.17) is 0 Å². The highest BCUT2D eigenvalue weighted by Gasteiger charge is 2.10. The van der Waals surface area contributed by atoms with Crippen molar-refractivity contribution < 1.29 is 4.79 Å². The summed E-state index contributed by atoms with van der Waals surface area (Å²) < 4.78 is 0. The van der Waals surface area contributed by atoms with Crippen LogP contribution in [0.25, 0.3) is 0 Å². The van der Waals surface area contributed by atoms with Crippen molar-refractivity contribution in [1.29, 1.82) is 0 Å². The maximum Gasteiger partial charge on any atom is 0.246 e. The summed E-state index contributed by atoms with van der Waals surface area (Å²) in [6, 6.07) is 0. The summed E-state index contributed by atoms with van der Waals surface area (Å²) >= 11 is 0. The molecular formula is C8H13NO. The first kappa shape index (κ1) is 7.32. The molecule has 1 aliphatic carbocycles. The average molecular weight is 139 g/mol. The lowest BCUT2D eigenvalue weighted by Crippen LogP contribution is -2.23. The summed E-state index contributed by atoms with van der Waals surface area (Å²) in [7, 11) is 0. The predicted octanol–water partition coefficient (Wildman–Crippen LogP) is 1.23. The van der Waals surface area contributed by atoms with Crippen molar-refractivity contribution in [2.75, 3.05) is 6.54 Å². The summed E-state index contributed by atoms with van der Waals surface area (Å²) in [6.45, 7) is 2.67. The van der Waals surface area contributed by atoms with Crippen molar-refractivity contribution >= 4 is 5.91 Å². The normalized spacial score (nSPS) is 16.7. The highest BCUT2D eigenvalue weighted by Crippen LogP contribution is 2.16. The predicted molar refractivity (Wildman–Crippen MR) is 40.6 cm³/mol. The molecule has 0 saturated heterocycles. The minimum absolute atomic E-state index is 0.125. The molecule has 2 nitrogen and oxygen atoms in total. The third-order valence-electron chi connectivity index (χ3n) is 1.67. The van der Waals surface area contributed by atoms with Gasteiger partial charge in [0.05, 0.1) is 0 Å². The molecule has 0 fully saturated rings. The molecule has 1 rings (SSSR count). The second kappa shape index (κ2) is 3.40. The van der Waals surface area contributed by atoms with Crippen molar-refractivity contribution in [3.63, 3.8) is 0 Å². The maximum atomic E-state index is 11.1. The van der Waals surface area contributed by atoms with E-state index < -0.39 is 0 Å². The Morgan fingerprint density at radius 3 is 3.10 bits per heavy atom. The van der Waals surface area contributed by atoms with Crippen LogP contribution >= 0.6 is 0 Å². The molecule has 0 unspecified atom stereocenters. The molecule has 0 atom stereocenters. The highest BCUT2D eigenvalue weighted by molar-refractivity contribution is 5.93. The fourth-order valence-corrected chi connectivity index (χ4v) is 1.15. The first-order chi connectivity index (χ1) is 4.84. The van der Waals surface area contributed by atoms with Gasteiger partial charge < -0.3 is 5.32 Å². The van der Waals surface area contributed by atoms with Gasteiger partial charge in [0, 0.05) is 12.1 Å². The highest BCUT2D eigenvalue weighted by atomic mass is 16.1. The van der Waals surface area contributed by atoms with Crippen LogP contribution in [0.5, 0.6) is 0 Å². The molecule has 0 aromatic rings. The standard InChI is InChI=1S/C8H13NO/c1-2-9-8(10)7-5-3-4-6-7/h5H,2-4,6H2,1H3,(H,9,10). The molecule has 0 aliphatic heterocycles. The fraction of sp³-hybridized carbons (Fsp3) is 0.625. The molecule has 0 bridgehead atoms. The van der Waals surface area contributed by atoms with Crippen LogP contribution in [0.1, 0.15) is 26.2 Å². The van der Waals surface area contributed by atoms with Crippen molar-refractivity contribution in [2.45, 2.75) is 26.2 Å². The lowest BCUT2D eigenvalue weighted by molar-refractivity contribution is -0.117. The van der Waals surface area contributed by atoms with Crippen molar-refractivity contribution in [3.8, 4) is 0 Å². The molecule has 1 N–H and O–H groups in total. The molecule has 1 amide bonds. The summed E-state index contributed by atoms with van der Waals surface area (Å²) in [5.41, 5.74) is 0.974. The van der Waals surface area contributed by atoms with Gasteiger partial charge in [-0.2, -0.15) is 0 Å². The van der Waals surface area contributed by atoms with Gasteiger partial charge in [-0.25, -0.2) is 0 Å². The van der Waals surface area contributed by atoms with Crippen molar-refractivity contribution in [1.82, 2.24) is 5.32 Å². The van der Waals surface area contributed by atoms with Crippen LogP contribution in [0.3, 0.4) is 0 Å². The average Bonchev–Trinajstić information content (AvgIpc) is 2.38. The molecule has 0 saturated carbocycles. The quantitative estimate of drug-likeness (QED) is 0.612. The zero-order chi connectivity index (χ0) is 7.40. The molecule has 0 aromatic carbocycles. The second-order valence-corrected chi connectivity index (χ2v) is 2.48. The van der Waals surface area contributed by atoms with Crippen molar-refractivity contribution in [3.05, 3.63) is 11.6 Å². The van der Waals surface area contributed by atoms with Gasteiger partial charge in [-0.1, -0.05) is 6.08 Å². The monoisotopic (exact) mass is 139 g/mol. The Kier molecular flexibility index (Phi) is 2.49. The van der Waals surface area contributed by atoms with Gasteiger partial charge in [-0.15, -0.1) is 0 Å². The number of amides is 1. The van der Waals surface area contributed by atoms with E-state index in [1.54, 1.807) is 0 Å². The summed E-state index contributed by atoms with van der Waals surface area (Å²) in [4.78, 5) is 11.1. The van der Waals surface area contributed by atoms with E-state index in [2.05, 4.69) is 5.32 Å². The van der Waals surface area contributed by atoms with Gasteiger partial charge in [0.2, 0.25) is 5.91 Å². The van der Waals surface area contributed by atoms with Gasteiger partial charge in [0.1, 0.15) is 0 Å². The zero-order valence-corrected chi connectivity index (χ0v) is 6.31. The zero-order valence-electron chi connectivity index (χ0n) is 6.31. The number of rotatable bonds is 2. The van der Waals surface area contributed by atoms with Crippen LogP contribution in [-0.4, -0.2) is 12.5 Å². The number of carbonyl (C=O) groups excluding carboxylic acids is 1. The van der Waals surface area contributed by atoms with E-state index in [-0.39, 0.29) is 5.91 Å². The Hall–Kier alpha value is -0.790. The van der Waals surface area contributed by atoms with Crippen LogP contribution in [0, 0.1) is 0 Å². The van der Waals surface area contributed by atoms with Gasteiger partial charge in [-0.05, 0) is 26.2 Å². The Labute approximate surface area is 61.3 Å². The molecular weight excluding hydrogens is 126 g/mol. The summed E-state index contributed by atoms with van der Waals surface area (Å²) in [5.74, 6) is 0.125. The maximum absolute atomic E-state index is 11.1. The molecule has 1 aliphatic rings. The Balaban J connectivity index is 2.40. The topological polar surface area (TPSA) is 29.1 Å². The number of allylic oxidation sites excluding steroid dienone is 1. The lowest BCUT2D eigenvalue weighted by atomic mass is 10.2. The number of hydrogen-bond donors (Lipinski definition) is 1. The van der Waals surface area contributed by atoms with E-state index >= 15 is 0 Å². The molecule has 2 heteroatoms. The molecule has 0 spiro atoms. The summed E-state index contributed by atoms with van der Waals surface area (Å²) in [6.07, 6.45) is 5.22. The second-order valence-electron chi connectivity index (χ2n) is 2.48. The number of likely N-dealkylation sites (N-methyl/N-ethyl adjacent to an activating group) is 1. The van der Waals surface area contributed by atoms with Crippen LogP contribution in [0.15, 0.2) is 11.6 Å². The molecule has 0 heterocycles. The minimum Gasteiger partial charge on any atom is -0.353 e. The van der Waals surface area contributed by atoms with E-state index in [1.165, 1.54) is 0 Å². The third-order valence-corrected chi connectivity index (χ3v) is 1.67. The third kappa shape index (κ3) is 1.59. The molecule has 56 valence electrons. The Morgan fingerprint density at radius 1 is 1.80 bits per heavy atom. The molecule has 0 radical (unpaired) electrons. The van der Waals surface area contributed by atoms with Crippen LogP contribution in [0.4, 0.5) is 0 Å². The Morgan fingerprint density at radius 2 is 2.60 bits per heavy atom. The summed E-state index contributed by atoms with van der Waals surface area (Å²) in [5, 5.41) is 2.78. The Bertz CT molecular complexity index is 161. The SMILES string of the molecule is CCNC(=O)C1=CCCC1. The number of carbonyl (C=O) groups is 1. The minimum atomic E-state index is 0.125. The van der Waals surface area contributed by atoms with E-state index in [0.717, 1.165) is 31.4 Å². The largest absolute Gasteiger partial charge is 0.353 e. The smallest absolute Gasteiger partial charge is 0.246 e.